The minimum atomic E-state index is 0.0868. The van der Waals surface area contributed by atoms with Crippen molar-refractivity contribution in [1.29, 1.82) is 0 Å². The summed E-state index contributed by atoms with van der Waals surface area (Å²) in [6.07, 6.45) is 0. The van der Waals surface area contributed by atoms with Crippen LogP contribution in [0.25, 0.3) is 10.8 Å². The maximum Gasteiger partial charge on any atom is 0.258 e. The number of aryl methyl sites for hydroxylation is 2. The number of nitrogens with zero attached hydrogens (tertiary/aromatic N) is 1. The first-order valence-corrected chi connectivity index (χ1v) is 4.66. The molecule has 2 aromatic rings. The standard InChI is InChI=1S/C12H13NO/c1-8-4-5-10-7-9(2)13(3)12(14)11(10)6-8/h4-7H,1-3H3. The summed E-state index contributed by atoms with van der Waals surface area (Å²) in [4.78, 5) is 11.9. The molecular formula is C12H13NO. The van der Waals surface area contributed by atoms with E-state index in [-0.39, 0.29) is 5.56 Å². The van der Waals surface area contributed by atoms with Crippen LogP contribution in [-0.2, 0) is 7.05 Å². The minimum Gasteiger partial charge on any atom is -0.315 e. The Hall–Kier alpha value is -1.57. The van der Waals surface area contributed by atoms with Crippen LogP contribution >= 0.6 is 0 Å². The third kappa shape index (κ3) is 1.23. The van der Waals surface area contributed by atoms with Crippen LogP contribution in [0.5, 0.6) is 0 Å². The van der Waals surface area contributed by atoms with E-state index in [2.05, 4.69) is 0 Å². The third-order valence-corrected chi connectivity index (χ3v) is 2.64. The molecule has 2 nitrogen and oxygen atoms in total. The first-order valence-electron chi connectivity index (χ1n) is 4.66. The van der Waals surface area contributed by atoms with E-state index < -0.39 is 0 Å². The van der Waals surface area contributed by atoms with Gasteiger partial charge in [0, 0.05) is 18.1 Å². The highest BCUT2D eigenvalue weighted by atomic mass is 16.1. The molecule has 0 amide bonds. The molecule has 2 rings (SSSR count). The second kappa shape index (κ2) is 2.98. The van der Waals surface area contributed by atoms with Gasteiger partial charge in [-0.3, -0.25) is 4.79 Å². The zero-order chi connectivity index (χ0) is 10.3. The van der Waals surface area contributed by atoms with E-state index >= 15 is 0 Å². The molecule has 72 valence electrons. The van der Waals surface area contributed by atoms with Gasteiger partial charge in [-0.05, 0) is 31.4 Å². The molecule has 0 aliphatic rings. The summed E-state index contributed by atoms with van der Waals surface area (Å²) < 4.78 is 1.68. The third-order valence-electron chi connectivity index (χ3n) is 2.64. The van der Waals surface area contributed by atoms with E-state index in [9.17, 15) is 4.79 Å². The smallest absolute Gasteiger partial charge is 0.258 e. The summed E-state index contributed by atoms with van der Waals surface area (Å²) in [5.74, 6) is 0. The molecule has 0 spiro atoms. The van der Waals surface area contributed by atoms with Gasteiger partial charge in [0.05, 0.1) is 0 Å². The maximum absolute atomic E-state index is 11.9. The van der Waals surface area contributed by atoms with Crippen LogP contribution in [0.15, 0.2) is 29.1 Å². The van der Waals surface area contributed by atoms with Crippen LogP contribution in [0.4, 0.5) is 0 Å². The monoisotopic (exact) mass is 187 g/mol. The molecule has 0 aliphatic carbocycles. The van der Waals surface area contributed by atoms with Gasteiger partial charge in [-0.25, -0.2) is 0 Å². The number of aromatic nitrogens is 1. The molecule has 0 atom stereocenters. The Morgan fingerprint density at radius 2 is 1.86 bits per heavy atom. The van der Waals surface area contributed by atoms with Gasteiger partial charge in [-0.1, -0.05) is 17.7 Å². The average Bonchev–Trinajstić information content (AvgIpc) is 2.16. The van der Waals surface area contributed by atoms with E-state index in [1.54, 1.807) is 11.6 Å². The average molecular weight is 187 g/mol. The van der Waals surface area contributed by atoms with Gasteiger partial charge in [-0.2, -0.15) is 0 Å². The van der Waals surface area contributed by atoms with Crippen molar-refractivity contribution >= 4 is 10.8 Å². The normalized spacial score (nSPS) is 10.8. The molecule has 1 heterocycles. The van der Waals surface area contributed by atoms with Crippen LogP contribution in [0, 0.1) is 13.8 Å². The highest BCUT2D eigenvalue weighted by Crippen LogP contribution is 2.13. The van der Waals surface area contributed by atoms with Gasteiger partial charge in [0.2, 0.25) is 0 Å². The van der Waals surface area contributed by atoms with Crippen molar-refractivity contribution in [2.24, 2.45) is 7.05 Å². The van der Waals surface area contributed by atoms with Crippen molar-refractivity contribution in [2.75, 3.05) is 0 Å². The molecule has 0 N–H and O–H groups in total. The fraction of sp³-hybridized carbons (Fsp3) is 0.250. The lowest BCUT2D eigenvalue weighted by Gasteiger charge is -2.06. The van der Waals surface area contributed by atoms with Crippen molar-refractivity contribution in [2.45, 2.75) is 13.8 Å². The van der Waals surface area contributed by atoms with Gasteiger partial charge >= 0.3 is 0 Å². The van der Waals surface area contributed by atoms with E-state index in [1.165, 1.54) is 0 Å². The number of hydrogen-bond donors (Lipinski definition) is 0. The van der Waals surface area contributed by atoms with Gasteiger partial charge < -0.3 is 4.57 Å². The molecule has 0 unspecified atom stereocenters. The molecule has 0 bridgehead atoms. The topological polar surface area (TPSA) is 22.0 Å². The number of rotatable bonds is 0. The van der Waals surface area contributed by atoms with Crippen molar-refractivity contribution in [3.05, 3.63) is 45.9 Å². The zero-order valence-corrected chi connectivity index (χ0v) is 8.66. The van der Waals surface area contributed by atoms with Gasteiger partial charge in [0.1, 0.15) is 0 Å². The molecule has 1 aromatic heterocycles. The van der Waals surface area contributed by atoms with Crippen molar-refractivity contribution < 1.29 is 0 Å². The first-order chi connectivity index (χ1) is 6.59. The Morgan fingerprint density at radius 1 is 1.14 bits per heavy atom. The lowest BCUT2D eigenvalue weighted by molar-refractivity contribution is 0.830. The summed E-state index contributed by atoms with van der Waals surface area (Å²) in [6, 6.07) is 8.01. The van der Waals surface area contributed by atoms with Gasteiger partial charge in [-0.15, -0.1) is 0 Å². The second-order valence-electron chi connectivity index (χ2n) is 3.74. The van der Waals surface area contributed by atoms with Crippen LogP contribution in [0.1, 0.15) is 11.3 Å². The fourth-order valence-corrected chi connectivity index (χ4v) is 1.64. The predicted molar refractivity (Wildman–Crippen MR) is 58.7 cm³/mol. The summed E-state index contributed by atoms with van der Waals surface area (Å²) >= 11 is 0. The Bertz CT molecular complexity index is 552. The van der Waals surface area contributed by atoms with Crippen LogP contribution in [0.2, 0.25) is 0 Å². The predicted octanol–water partition coefficient (Wildman–Crippen LogP) is 2.16. The highest BCUT2D eigenvalue weighted by Gasteiger charge is 2.02. The van der Waals surface area contributed by atoms with Crippen LogP contribution in [0.3, 0.4) is 0 Å². The molecule has 0 saturated heterocycles. The molecule has 0 saturated carbocycles. The minimum absolute atomic E-state index is 0.0868. The SMILES string of the molecule is Cc1ccc2cc(C)n(C)c(=O)c2c1. The van der Waals surface area contributed by atoms with E-state index in [0.29, 0.717) is 0 Å². The van der Waals surface area contributed by atoms with Gasteiger partial charge in [0.25, 0.3) is 5.56 Å². The van der Waals surface area contributed by atoms with E-state index in [4.69, 9.17) is 0 Å². The first kappa shape index (κ1) is 9.00. The van der Waals surface area contributed by atoms with Crippen LogP contribution in [-0.4, -0.2) is 4.57 Å². The Kier molecular flexibility index (Phi) is 1.92. The summed E-state index contributed by atoms with van der Waals surface area (Å²) in [5.41, 5.74) is 2.20. The molecule has 0 fully saturated rings. The van der Waals surface area contributed by atoms with E-state index in [1.807, 2.05) is 38.1 Å². The van der Waals surface area contributed by atoms with Crippen molar-refractivity contribution in [3.63, 3.8) is 0 Å². The number of pyridine rings is 1. The maximum atomic E-state index is 11.9. The van der Waals surface area contributed by atoms with Crippen molar-refractivity contribution in [3.8, 4) is 0 Å². The number of fused-ring (bicyclic) bond motifs is 1. The lowest BCUT2D eigenvalue weighted by Crippen LogP contribution is -2.18. The Balaban J connectivity index is 2.99. The second-order valence-corrected chi connectivity index (χ2v) is 3.74. The molecular weight excluding hydrogens is 174 g/mol. The summed E-state index contributed by atoms with van der Waals surface area (Å²) in [6.45, 7) is 3.94. The van der Waals surface area contributed by atoms with Gasteiger partial charge in [0.15, 0.2) is 0 Å². The molecule has 1 aromatic carbocycles. The number of benzene rings is 1. The molecule has 14 heavy (non-hydrogen) atoms. The van der Waals surface area contributed by atoms with E-state index in [0.717, 1.165) is 22.0 Å². The quantitative estimate of drug-likeness (QED) is 0.619. The Morgan fingerprint density at radius 3 is 2.57 bits per heavy atom. The fourth-order valence-electron chi connectivity index (χ4n) is 1.64. The van der Waals surface area contributed by atoms with Crippen molar-refractivity contribution in [1.82, 2.24) is 4.57 Å². The Labute approximate surface area is 82.8 Å². The highest BCUT2D eigenvalue weighted by molar-refractivity contribution is 5.82. The zero-order valence-electron chi connectivity index (χ0n) is 8.66. The van der Waals surface area contributed by atoms with Crippen LogP contribution < -0.4 is 5.56 Å². The molecule has 0 radical (unpaired) electrons. The lowest BCUT2D eigenvalue weighted by atomic mass is 10.1. The molecule has 2 heteroatoms. The largest absolute Gasteiger partial charge is 0.315 e. The summed E-state index contributed by atoms with van der Waals surface area (Å²) in [5, 5.41) is 1.83. The molecule has 0 aliphatic heterocycles. The summed E-state index contributed by atoms with van der Waals surface area (Å²) in [7, 11) is 1.80. The number of hydrogen-bond acceptors (Lipinski definition) is 1.